The van der Waals surface area contributed by atoms with Crippen molar-refractivity contribution in [3.63, 3.8) is 0 Å². The van der Waals surface area contributed by atoms with Crippen LogP contribution in [-0.2, 0) is 0 Å². The van der Waals surface area contributed by atoms with Gasteiger partial charge in [0.15, 0.2) is 0 Å². The maximum absolute atomic E-state index is 6.23. The Morgan fingerprint density at radius 2 is 2.05 bits per heavy atom. The molecule has 4 heterocycles. The topological polar surface area (TPSA) is 41.9 Å². The monoisotopic (exact) mass is 316 g/mol. The minimum Gasteiger partial charge on any atom is -0.355 e. The number of pyridine rings is 1. The van der Waals surface area contributed by atoms with E-state index in [2.05, 4.69) is 19.9 Å². The van der Waals surface area contributed by atoms with Crippen molar-refractivity contribution >= 4 is 49.2 Å². The Morgan fingerprint density at radius 1 is 1.24 bits per heavy atom. The maximum Gasteiger partial charge on any atom is 0.150 e. The Bertz CT molecular complexity index is 880. The molecule has 106 valence electrons. The summed E-state index contributed by atoms with van der Waals surface area (Å²) < 4.78 is 1.15. The third kappa shape index (κ3) is 1.64. The molecular weight excluding hydrogens is 304 g/mol. The van der Waals surface area contributed by atoms with Crippen LogP contribution >= 0.6 is 22.9 Å². The summed E-state index contributed by atoms with van der Waals surface area (Å²) in [6.45, 7) is 4.31. The van der Waals surface area contributed by atoms with E-state index in [9.17, 15) is 0 Å². The standard InChI is InChI=1S/C15H13ClN4S/c1-7-10(16)3-17-15-11(7)12-13(21-15)14(19-6-18-12)20-4-8-2-9(8)5-20/h3,6,8-9H,2,4-5H2,1H3. The molecule has 0 aromatic carbocycles. The van der Waals surface area contributed by atoms with Gasteiger partial charge < -0.3 is 4.90 Å². The second kappa shape index (κ2) is 4.05. The zero-order chi connectivity index (χ0) is 14.1. The zero-order valence-corrected chi connectivity index (χ0v) is 13.1. The largest absolute Gasteiger partial charge is 0.355 e. The Kier molecular flexibility index (Phi) is 2.34. The van der Waals surface area contributed by atoms with Crippen LogP contribution in [0.5, 0.6) is 0 Å². The van der Waals surface area contributed by atoms with Gasteiger partial charge in [0.25, 0.3) is 0 Å². The van der Waals surface area contributed by atoms with Crippen LogP contribution in [0.2, 0.25) is 5.02 Å². The fourth-order valence-corrected chi connectivity index (χ4v) is 4.76. The molecule has 2 unspecified atom stereocenters. The van der Waals surface area contributed by atoms with Crippen LogP contribution in [0.15, 0.2) is 12.5 Å². The van der Waals surface area contributed by atoms with E-state index in [1.165, 1.54) is 6.42 Å². The SMILES string of the molecule is Cc1c(Cl)cnc2sc3c(N4CC5CC5C4)ncnc3c12. The normalized spacial score (nSPS) is 24.0. The summed E-state index contributed by atoms with van der Waals surface area (Å²) in [4.78, 5) is 16.9. The number of thiophene rings is 1. The van der Waals surface area contributed by atoms with Gasteiger partial charge in [0, 0.05) is 24.7 Å². The summed E-state index contributed by atoms with van der Waals surface area (Å²) in [7, 11) is 0. The summed E-state index contributed by atoms with van der Waals surface area (Å²) in [6, 6.07) is 0. The van der Waals surface area contributed by atoms with Crippen LogP contribution in [0.1, 0.15) is 12.0 Å². The number of halogens is 1. The van der Waals surface area contributed by atoms with Crippen LogP contribution in [0, 0.1) is 18.8 Å². The number of fused-ring (bicyclic) bond motifs is 4. The number of hydrogen-bond donors (Lipinski definition) is 0. The lowest BCUT2D eigenvalue weighted by molar-refractivity contribution is 0.808. The highest BCUT2D eigenvalue weighted by Gasteiger charge is 2.45. The van der Waals surface area contributed by atoms with Crippen LogP contribution in [0.25, 0.3) is 20.4 Å². The molecule has 5 rings (SSSR count). The van der Waals surface area contributed by atoms with E-state index in [0.29, 0.717) is 5.02 Å². The molecule has 2 atom stereocenters. The van der Waals surface area contributed by atoms with E-state index in [1.54, 1.807) is 23.9 Å². The van der Waals surface area contributed by atoms with Gasteiger partial charge in [-0.15, -0.1) is 11.3 Å². The summed E-state index contributed by atoms with van der Waals surface area (Å²) in [5.74, 6) is 2.85. The Labute approximate surface area is 130 Å². The third-order valence-electron chi connectivity index (χ3n) is 4.74. The Balaban J connectivity index is 1.78. The van der Waals surface area contributed by atoms with Crippen LogP contribution in [0.3, 0.4) is 0 Å². The third-order valence-corrected chi connectivity index (χ3v) is 6.21. The van der Waals surface area contributed by atoms with Crippen LogP contribution < -0.4 is 4.90 Å². The molecule has 4 nitrogen and oxygen atoms in total. The molecule has 0 radical (unpaired) electrons. The molecule has 2 fully saturated rings. The van der Waals surface area contributed by atoms with Gasteiger partial charge in [-0.1, -0.05) is 11.6 Å². The lowest BCUT2D eigenvalue weighted by Gasteiger charge is -2.18. The number of aryl methyl sites for hydroxylation is 1. The molecule has 6 heteroatoms. The average Bonchev–Trinajstić information content (AvgIpc) is 2.95. The molecule has 0 bridgehead atoms. The molecular formula is C15H13ClN4S. The molecule has 1 aliphatic carbocycles. The molecule has 0 amide bonds. The summed E-state index contributed by atoms with van der Waals surface area (Å²) >= 11 is 7.90. The minimum atomic E-state index is 0.699. The van der Waals surface area contributed by atoms with Crippen LogP contribution in [-0.4, -0.2) is 28.0 Å². The second-order valence-corrected chi connectivity index (χ2v) is 7.46. The molecule has 21 heavy (non-hydrogen) atoms. The average molecular weight is 317 g/mol. The Hall–Kier alpha value is -1.46. The maximum atomic E-state index is 6.23. The molecule has 3 aromatic heterocycles. The highest BCUT2D eigenvalue weighted by Crippen LogP contribution is 2.48. The molecule has 0 spiro atoms. The Morgan fingerprint density at radius 3 is 2.86 bits per heavy atom. The van der Waals surface area contributed by atoms with E-state index in [4.69, 9.17) is 11.6 Å². The van der Waals surface area contributed by atoms with Crippen molar-refractivity contribution in [3.8, 4) is 0 Å². The zero-order valence-electron chi connectivity index (χ0n) is 11.5. The van der Waals surface area contributed by atoms with Crippen molar-refractivity contribution in [1.29, 1.82) is 0 Å². The van der Waals surface area contributed by atoms with Gasteiger partial charge in [-0.3, -0.25) is 0 Å². The van der Waals surface area contributed by atoms with Crippen molar-refractivity contribution in [2.75, 3.05) is 18.0 Å². The van der Waals surface area contributed by atoms with Gasteiger partial charge in [0.1, 0.15) is 17.0 Å². The fourth-order valence-electron chi connectivity index (χ4n) is 3.44. The molecule has 3 aromatic rings. The number of anilines is 1. The second-order valence-electron chi connectivity index (χ2n) is 6.05. The predicted molar refractivity (Wildman–Crippen MR) is 86.3 cm³/mol. The first-order valence-electron chi connectivity index (χ1n) is 7.15. The fraction of sp³-hybridized carbons (Fsp3) is 0.400. The quantitative estimate of drug-likeness (QED) is 0.687. The first kappa shape index (κ1) is 12.1. The van der Waals surface area contributed by atoms with Crippen LogP contribution in [0.4, 0.5) is 5.82 Å². The van der Waals surface area contributed by atoms with E-state index >= 15 is 0 Å². The number of nitrogens with zero attached hydrogens (tertiary/aromatic N) is 4. The summed E-state index contributed by atoms with van der Waals surface area (Å²) in [5, 5.41) is 1.78. The lowest BCUT2D eigenvalue weighted by atomic mass is 10.2. The summed E-state index contributed by atoms with van der Waals surface area (Å²) in [5.41, 5.74) is 2.05. The van der Waals surface area contributed by atoms with Gasteiger partial charge in [-0.05, 0) is 30.7 Å². The predicted octanol–water partition coefficient (Wildman–Crippen LogP) is 3.66. The lowest BCUT2D eigenvalue weighted by Crippen LogP contribution is -2.22. The van der Waals surface area contributed by atoms with Gasteiger partial charge in [-0.25, -0.2) is 15.0 Å². The smallest absolute Gasteiger partial charge is 0.150 e. The van der Waals surface area contributed by atoms with Gasteiger partial charge in [0.2, 0.25) is 0 Å². The van der Waals surface area contributed by atoms with Crippen molar-refractivity contribution in [2.45, 2.75) is 13.3 Å². The molecule has 1 saturated carbocycles. The van der Waals surface area contributed by atoms with Gasteiger partial charge >= 0.3 is 0 Å². The first-order chi connectivity index (χ1) is 10.2. The van der Waals surface area contributed by atoms with E-state index in [1.807, 2.05) is 6.92 Å². The minimum absolute atomic E-state index is 0.699. The molecule has 1 saturated heterocycles. The number of piperidine rings is 1. The van der Waals surface area contributed by atoms with E-state index in [0.717, 1.165) is 56.7 Å². The first-order valence-corrected chi connectivity index (χ1v) is 8.35. The molecule has 1 aliphatic heterocycles. The van der Waals surface area contributed by atoms with E-state index < -0.39 is 0 Å². The highest BCUT2D eigenvalue weighted by molar-refractivity contribution is 7.26. The number of aromatic nitrogens is 3. The van der Waals surface area contributed by atoms with Crippen molar-refractivity contribution in [2.24, 2.45) is 11.8 Å². The van der Waals surface area contributed by atoms with Crippen molar-refractivity contribution < 1.29 is 0 Å². The van der Waals surface area contributed by atoms with E-state index in [-0.39, 0.29) is 0 Å². The summed E-state index contributed by atoms with van der Waals surface area (Å²) in [6.07, 6.45) is 4.80. The highest BCUT2D eigenvalue weighted by atomic mass is 35.5. The molecule has 2 aliphatic rings. The van der Waals surface area contributed by atoms with Crippen molar-refractivity contribution in [1.82, 2.24) is 15.0 Å². The van der Waals surface area contributed by atoms with Gasteiger partial charge in [0.05, 0.1) is 15.2 Å². The number of hydrogen-bond acceptors (Lipinski definition) is 5. The van der Waals surface area contributed by atoms with Crippen molar-refractivity contribution in [3.05, 3.63) is 23.1 Å². The van der Waals surface area contributed by atoms with Gasteiger partial charge in [-0.2, -0.15) is 0 Å². The molecule has 0 N–H and O–H groups in total. The number of rotatable bonds is 1.